The molecule has 0 saturated carbocycles. The van der Waals surface area contributed by atoms with E-state index in [1.165, 1.54) is 0 Å². The Morgan fingerprint density at radius 2 is 2.29 bits per heavy atom. The number of rotatable bonds is 8. The van der Waals surface area contributed by atoms with Gasteiger partial charge in [-0.3, -0.25) is 0 Å². The number of nitriles is 1. The van der Waals surface area contributed by atoms with Gasteiger partial charge < -0.3 is 11.1 Å². The van der Waals surface area contributed by atoms with Gasteiger partial charge in [-0.15, -0.1) is 0 Å². The maximum Gasteiger partial charge on any atom is 0.0621 e. The van der Waals surface area contributed by atoms with Crippen LogP contribution in [-0.4, -0.2) is 6.54 Å². The Hall–Kier alpha value is -1.43. The molecule has 3 nitrogen and oxygen atoms in total. The van der Waals surface area contributed by atoms with E-state index in [9.17, 15) is 0 Å². The van der Waals surface area contributed by atoms with E-state index in [4.69, 9.17) is 11.0 Å². The van der Waals surface area contributed by atoms with Crippen molar-refractivity contribution in [3.8, 4) is 6.07 Å². The molecule has 3 N–H and O–H groups in total. The van der Waals surface area contributed by atoms with Crippen LogP contribution in [0, 0.1) is 17.2 Å². The van der Waals surface area contributed by atoms with E-state index in [0.717, 1.165) is 25.8 Å². The van der Waals surface area contributed by atoms with E-state index in [2.05, 4.69) is 24.5 Å². The van der Waals surface area contributed by atoms with Crippen LogP contribution in [0.5, 0.6) is 0 Å². The first-order valence-electron chi connectivity index (χ1n) is 4.88. The van der Waals surface area contributed by atoms with Gasteiger partial charge in [-0.25, -0.2) is 0 Å². The third-order valence-electron chi connectivity index (χ3n) is 2.15. The second-order valence-electron chi connectivity index (χ2n) is 3.27. The molecular weight excluding hydrogens is 174 g/mol. The number of nitrogens with two attached hydrogens (primary N) is 1. The summed E-state index contributed by atoms with van der Waals surface area (Å²) in [5.74, 6) is 0.279. The predicted octanol–water partition coefficient (Wildman–Crippen LogP) is 1.89. The molecule has 0 saturated heterocycles. The summed E-state index contributed by atoms with van der Waals surface area (Å²) in [5.41, 5.74) is 6.34. The van der Waals surface area contributed by atoms with Gasteiger partial charge >= 0.3 is 0 Å². The highest BCUT2D eigenvalue weighted by Gasteiger charge is 2.08. The maximum atomic E-state index is 8.46. The molecule has 3 heteroatoms. The van der Waals surface area contributed by atoms with Crippen LogP contribution in [0.4, 0.5) is 0 Å². The zero-order valence-electron chi connectivity index (χ0n) is 8.63. The van der Waals surface area contributed by atoms with E-state index in [0.29, 0.717) is 12.1 Å². The first kappa shape index (κ1) is 12.6. The van der Waals surface area contributed by atoms with E-state index in [-0.39, 0.29) is 5.92 Å². The Kier molecular flexibility index (Phi) is 7.35. The lowest BCUT2D eigenvalue weighted by molar-refractivity contribution is 0.497. The smallest absolute Gasteiger partial charge is 0.0621 e. The summed E-state index contributed by atoms with van der Waals surface area (Å²) in [6, 6.07) is 2.13. The van der Waals surface area contributed by atoms with Crippen molar-refractivity contribution in [2.75, 3.05) is 6.54 Å². The topological polar surface area (TPSA) is 61.8 Å². The molecule has 0 fully saturated rings. The zero-order chi connectivity index (χ0) is 10.8. The minimum absolute atomic E-state index is 0.279. The van der Waals surface area contributed by atoms with Gasteiger partial charge in [0.25, 0.3) is 0 Å². The number of allylic oxidation sites excluding steroid dienone is 1. The van der Waals surface area contributed by atoms with Gasteiger partial charge in [-0.2, -0.15) is 5.26 Å². The molecule has 0 radical (unpaired) electrons. The number of nitrogens with one attached hydrogen (secondary N) is 1. The molecule has 78 valence electrons. The molecule has 1 unspecified atom stereocenters. The Balaban J connectivity index is 3.68. The fourth-order valence-corrected chi connectivity index (χ4v) is 1.31. The Morgan fingerprint density at radius 1 is 1.57 bits per heavy atom. The average Bonchev–Trinajstić information content (AvgIpc) is 2.16. The minimum Gasteiger partial charge on any atom is -0.402 e. The van der Waals surface area contributed by atoms with Crippen molar-refractivity contribution in [3.63, 3.8) is 0 Å². The highest BCUT2D eigenvalue weighted by atomic mass is 14.8. The molecule has 0 aliphatic heterocycles. The van der Waals surface area contributed by atoms with E-state index in [1.807, 2.05) is 0 Å². The second-order valence-corrected chi connectivity index (χ2v) is 3.27. The van der Waals surface area contributed by atoms with Crippen LogP contribution in [0.2, 0.25) is 0 Å². The largest absolute Gasteiger partial charge is 0.402 e. The normalized spacial score (nSPS) is 11.4. The first-order valence-corrected chi connectivity index (χ1v) is 4.88. The Bertz CT molecular complexity index is 215. The second kappa shape index (κ2) is 8.18. The molecule has 0 aliphatic carbocycles. The van der Waals surface area contributed by atoms with Crippen molar-refractivity contribution >= 4 is 0 Å². The van der Waals surface area contributed by atoms with E-state index in [1.54, 1.807) is 6.20 Å². The van der Waals surface area contributed by atoms with Crippen molar-refractivity contribution < 1.29 is 0 Å². The van der Waals surface area contributed by atoms with Gasteiger partial charge in [-0.1, -0.05) is 13.2 Å². The first-order chi connectivity index (χ1) is 6.72. The van der Waals surface area contributed by atoms with E-state index >= 15 is 0 Å². The highest BCUT2D eigenvalue weighted by molar-refractivity contribution is 4.95. The van der Waals surface area contributed by atoms with Crippen LogP contribution >= 0.6 is 0 Å². The molecule has 0 aromatic heterocycles. The molecule has 0 aliphatic rings. The molecule has 0 aromatic carbocycles. The predicted molar refractivity (Wildman–Crippen MR) is 59.1 cm³/mol. The molecule has 0 rings (SSSR count). The molecular formula is C11H19N3. The molecule has 0 amide bonds. The third-order valence-corrected chi connectivity index (χ3v) is 2.15. The lowest BCUT2D eigenvalue weighted by atomic mass is 9.95. The summed E-state index contributed by atoms with van der Waals surface area (Å²) in [6.07, 6.45) is 5.06. The molecule has 14 heavy (non-hydrogen) atoms. The molecule has 0 heterocycles. The number of nitrogens with zero attached hydrogens (tertiary/aromatic N) is 1. The summed E-state index contributed by atoms with van der Waals surface area (Å²) in [4.78, 5) is 0. The van der Waals surface area contributed by atoms with Crippen molar-refractivity contribution in [3.05, 3.63) is 25.1 Å². The Labute approximate surface area is 86.3 Å². The highest BCUT2D eigenvalue weighted by Crippen LogP contribution is 2.17. The summed E-state index contributed by atoms with van der Waals surface area (Å²) in [5, 5.41) is 11.5. The summed E-state index contributed by atoms with van der Waals surface area (Å²) in [6.45, 7) is 8.20. The fourth-order valence-electron chi connectivity index (χ4n) is 1.31. The molecule has 0 bridgehead atoms. The standard InChI is InChI=1S/C11H19N3/c1-3-14-9-5-7-11(10(2)13)6-4-8-12/h3,11,14H,1-2,4-7,9,13H2. The van der Waals surface area contributed by atoms with Crippen molar-refractivity contribution in [1.29, 1.82) is 5.26 Å². The maximum absolute atomic E-state index is 8.46. The quantitative estimate of drug-likeness (QED) is 0.579. The number of hydrogen-bond acceptors (Lipinski definition) is 3. The van der Waals surface area contributed by atoms with Crippen molar-refractivity contribution in [1.82, 2.24) is 5.32 Å². The minimum atomic E-state index is 0.279. The molecule has 0 aromatic rings. The van der Waals surface area contributed by atoms with Gasteiger partial charge in [0.15, 0.2) is 0 Å². The fraction of sp³-hybridized carbons (Fsp3) is 0.545. The van der Waals surface area contributed by atoms with Crippen LogP contribution in [0.1, 0.15) is 25.7 Å². The third kappa shape index (κ3) is 6.13. The zero-order valence-corrected chi connectivity index (χ0v) is 8.63. The molecule has 1 atom stereocenters. The van der Waals surface area contributed by atoms with Crippen LogP contribution in [-0.2, 0) is 0 Å². The van der Waals surface area contributed by atoms with Crippen LogP contribution < -0.4 is 11.1 Å². The van der Waals surface area contributed by atoms with Crippen LogP contribution in [0.15, 0.2) is 25.1 Å². The van der Waals surface area contributed by atoms with E-state index < -0.39 is 0 Å². The molecule has 0 spiro atoms. The SMILES string of the molecule is C=CNCCCC(CCC#N)C(=C)N. The lowest BCUT2D eigenvalue weighted by Crippen LogP contribution is -2.14. The average molecular weight is 193 g/mol. The van der Waals surface area contributed by atoms with Gasteiger partial charge in [0.05, 0.1) is 6.07 Å². The van der Waals surface area contributed by atoms with Gasteiger partial charge in [0, 0.05) is 18.7 Å². The van der Waals surface area contributed by atoms with Gasteiger partial charge in [0.1, 0.15) is 0 Å². The summed E-state index contributed by atoms with van der Waals surface area (Å²) in [7, 11) is 0. The van der Waals surface area contributed by atoms with Crippen LogP contribution in [0.25, 0.3) is 0 Å². The monoisotopic (exact) mass is 193 g/mol. The number of hydrogen-bond donors (Lipinski definition) is 2. The van der Waals surface area contributed by atoms with Crippen LogP contribution in [0.3, 0.4) is 0 Å². The summed E-state index contributed by atoms with van der Waals surface area (Å²) >= 11 is 0. The van der Waals surface area contributed by atoms with Gasteiger partial charge in [-0.05, 0) is 31.4 Å². The van der Waals surface area contributed by atoms with Crippen molar-refractivity contribution in [2.24, 2.45) is 11.7 Å². The Morgan fingerprint density at radius 3 is 2.79 bits per heavy atom. The van der Waals surface area contributed by atoms with Crippen molar-refractivity contribution in [2.45, 2.75) is 25.7 Å². The van der Waals surface area contributed by atoms with Gasteiger partial charge in [0.2, 0.25) is 0 Å². The summed E-state index contributed by atoms with van der Waals surface area (Å²) < 4.78 is 0. The lowest BCUT2D eigenvalue weighted by Gasteiger charge is -2.14.